The van der Waals surface area contributed by atoms with Gasteiger partial charge in [0.2, 0.25) is 15.9 Å². The van der Waals surface area contributed by atoms with Crippen molar-refractivity contribution in [3.8, 4) is 0 Å². The molecule has 2 aromatic carbocycles. The van der Waals surface area contributed by atoms with Gasteiger partial charge in [0, 0.05) is 44.2 Å². The first-order chi connectivity index (χ1) is 20.3. The van der Waals surface area contributed by atoms with Crippen LogP contribution in [0, 0.1) is 5.92 Å². The van der Waals surface area contributed by atoms with Crippen LogP contribution in [-0.2, 0) is 26.0 Å². The number of amides is 1. The number of morpholine rings is 1. The second-order valence-corrected chi connectivity index (χ2v) is 14.7. The molecular weight excluding hydrogens is 593 g/mol. The number of hydrogen-bond acceptors (Lipinski definition) is 5. The molecule has 0 spiro atoms. The number of nitrogens with one attached hydrogen (secondary N) is 1. The van der Waals surface area contributed by atoms with Crippen molar-refractivity contribution in [2.24, 2.45) is 5.92 Å². The monoisotopic (exact) mass is 635 g/mol. The number of carbonyl (C=O) groups is 1. The van der Waals surface area contributed by atoms with E-state index in [0.29, 0.717) is 29.9 Å². The molecule has 0 aromatic heterocycles. The maximum Gasteiger partial charge on any atom is 0.243 e. The van der Waals surface area contributed by atoms with E-state index in [0.717, 1.165) is 77.7 Å². The topological polar surface area (TPSA) is 79.0 Å². The summed E-state index contributed by atoms with van der Waals surface area (Å²) in [6.07, 6.45) is 8.82. The van der Waals surface area contributed by atoms with Crippen molar-refractivity contribution in [3.05, 3.63) is 64.1 Å². The third-order valence-electron chi connectivity index (χ3n) is 9.26. The molecule has 1 amide bonds. The van der Waals surface area contributed by atoms with Crippen molar-refractivity contribution in [3.63, 3.8) is 0 Å². The summed E-state index contributed by atoms with van der Waals surface area (Å²) in [6, 6.07) is 15.4. The molecule has 2 atom stereocenters. The summed E-state index contributed by atoms with van der Waals surface area (Å²) in [7, 11) is -3.79. The minimum Gasteiger partial charge on any atom is -0.379 e. The van der Waals surface area contributed by atoms with Crippen molar-refractivity contribution in [2.45, 2.75) is 87.2 Å². The number of nitrogens with zero attached hydrogens (tertiary/aromatic N) is 2. The lowest BCUT2D eigenvalue weighted by Crippen LogP contribution is -2.50. The van der Waals surface area contributed by atoms with Crippen LogP contribution in [0.5, 0.6) is 0 Å². The molecule has 2 heterocycles. The van der Waals surface area contributed by atoms with Gasteiger partial charge in [-0.1, -0.05) is 60.0 Å². The first-order valence-electron chi connectivity index (χ1n) is 15.4. The SMILES string of the molecule is O=C(CC1CCCCN1S(=O)(=O)c1ccc(Cl)c(Cl)c1)NC1CCC(C(CCc2ccccc2)N2CCOCC2)CC1. The first-order valence-corrected chi connectivity index (χ1v) is 17.6. The lowest BCUT2D eigenvalue weighted by atomic mass is 9.79. The number of hydrogen-bond donors (Lipinski definition) is 1. The van der Waals surface area contributed by atoms with E-state index in [1.54, 1.807) is 0 Å². The standard InChI is InChI=1S/C32H43Cl2N3O4S/c33-29-15-14-28(23-30(29)34)42(39,40)37-17-5-4-8-27(37)22-32(38)35-26-12-10-25(11-13-26)31(36-18-20-41-21-19-36)16-9-24-6-2-1-3-7-24/h1-3,6-7,14-15,23,25-27,31H,4-5,8-13,16-22H2,(H,35,38). The summed E-state index contributed by atoms with van der Waals surface area (Å²) < 4.78 is 34.1. The largest absolute Gasteiger partial charge is 0.379 e. The number of ether oxygens (including phenoxy) is 1. The van der Waals surface area contributed by atoms with E-state index in [-0.39, 0.29) is 34.3 Å². The van der Waals surface area contributed by atoms with Crippen molar-refractivity contribution >= 4 is 39.1 Å². The molecule has 5 rings (SSSR count). The summed E-state index contributed by atoms with van der Waals surface area (Å²) in [6.45, 7) is 3.97. The molecule has 230 valence electrons. The number of halogens is 2. The predicted molar refractivity (Wildman–Crippen MR) is 167 cm³/mol. The summed E-state index contributed by atoms with van der Waals surface area (Å²) in [5, 5.41) is 3.78. The van der Waals surface area contributed by atoms with Gasteiger partial charge in [-0.25, -0.2) is 8.42 Å². The molecule has 1 N–H and O–H groups in total. The van der Waals surface area contributed by atoms with Crippen LogP contribution in [0.2, 0.25) is 10.0 Å². The lowest BCUT2D eigenvalue weighted by molar-refractivity contribution is -0.123. The van der Waals surface area contributed by atoms with Crippen molar-refractivity contribution in [1.29, 1.82) is 0 Å². The Balaban J connectivity index is 1.16. The summed E-state index contributed by atoms with van der Waals surface area (Å²) in [5.41, 5.74) is 1.38. The Kier molecular flexibility index (Phi) is 11.2. The molecular formula is C32H43Cl2N3O4S. The van der Waals surface area contributed by atoms with Crippen LogP contribution in [0.4, 0.5) is 0 Å². The highest BCUT2D eigenvalue weighted by Gasteiger charge is 2.36. The van der Waals surface area contributed by atoms with Gasteiger partial charge in [0.25, 0.3) is 0 Å². The second kappa shape index (κ2) is 14.9. The molecule has 10 heteroatoms. The normalized spacial score (nSPS) is 25.1. The van der Waals surface area contributed by atoms with E-state index in [2.05, 4.69) is 40.5 Å². The summed E-state index contributed by atoms with van der Waals surface area (Å²) >= 11 is 12.1. The third-order valence-corrected chi connectivity index (χ3v) is 11.9. The fourth-order valence-corrected chi connectivity index (χ4v) is 9.08. The second-order valence-electron chi connectivity index (χ2n) is 12.0. The number of benzene rings is 2. The zero-order valence-electron chi connectivity index (χ0n) is 24.2. The Morgan fingerprint density at radius 3 is 2.38 bits per heavy atom. The fourth-order valence-electron chi connectivity index (χ4n) is 7.00. The average molecular weight is 637 g/mol. The number of carbonyl (C=O) groups excluding carboxylic acids is 1. The average Bonchev–Trinajstić information content (AvgIpc) is 3.00. The minimum atomic E-state index is -3.79. The van der Waals surface area contributed by atoms with Crippen LogP contribution in [0.1, 0.15) is 63.4 Å². The van der Waals surface area contributed by atoms with E-state index < -0.39 is 10.0 Å². The molecule has 3 fully saturated rings. The zero-order chi connectivity index (χ0) is 29.5. The number of rotatable bonds is 10. The maximum absolute atomic E-state index is 13.5. The molecule has 3 aliphatic rings. The van der Waals surface area contributed by atoms with E-state index in [1.165, 1.54) is 28.1 Å². The molecule has 2 aliphatic heterocycles. The van der Waals surface area contributed by atoms with Crippen molar-refractivity contribution in [2.75, 3.05) is 32.8 Å². The van der Waals surface area contributed by atoms with Gasteiger partial charge < -0.3 is 10.1 Å². The van der Waals surface area contributed by atoms with E-state index in [4.69, 9.17) is 27.9 Å². The molecule has 0 radical (unpaired) electrons. The number of sulfonamides is 1. The van der Waals surface area contributed by atoms with E-state index >= 15 is 0 Å². The Morgan fingerprint density at radius 2 is 1.67 bits per heavy atom. The van der Waals surface area contributed by atoms with Gasteiger partial charge in [0.15, 0.2) is 0 Å². The van der Waals surface area contributed by atoms with Gasteiger partial charge in [0.1, 0.15) is 0 Å². The van der Waals surface area contributed by atoms with Crippen LogP contribution in [0.3, 0.4) is 0 Å². The highest BCUT2D eigenvalue weighted by Crippen LogP contribution is 2.33. The van der Waals surface area contributed by atoms with Crippen LogP contribution < -0.4 is 5.32 Å². The van der Waals surface area contributed by atoms with Crippen LogP contribution in [0.25, 0.3) is 0 Å². The molecule has 7 nitrogen and oxygen atoms in total. The molecule has 0 bridgehead atoms. The van der Waals surface area contributed by atoms with Gasteiger partial charge in [-0.15, -0.1) is 0 Å². The summed E-state index contributed by atoms with van der Waals surface area (Å²) in [5.74, 6) is 0.540. The van der Waals surface area contributed by atoms with Gasteiger partial charge in [-0.2, -0.15) is 4.31 Å². The molecule has 2 unspecified atom stereocenters. The van der Waals surface area contributed by atoms with Crippen LogP contribution in [-0.4, -0.2) is 74.5 Å². The molecule has 42 heavy (non-hydrogen) atoms. The van der Waals surface area contributed by atoms with Crippen LogP contribution >= 0.6 is 23.2 Å². The number of piperidine rings is 1. The van der Waals surface area contributed by atoms with Gasteiger partial charge in [-0.05, 0) is 81.0 Å². The minimum absolute atomic E-state index is 0.0616. The van der Waals surface area contributed by atoms with Crippen LogP contribution in [0.15, 0.2) is 53.4 Å². The number of aryl methyl sites for hydroxylation is 1. The quantitative estimate of drug-likeness (QED) is 0.350. The van der Waals surface area contributed by atoms with Crippen molar-refractivity contribution in [1.82, 2.24) is 14.5 Å². The predicted octanol–water partition coefficient (Wildman–Crippen LogP) is 5.94. The Morgan fingerprint density at radius 1 is 0.929 bits per heavy atom. The highest BCUT2D eigenvalue weighted by atomic mass is 35.5. The molecule has 1 saturated carbocycles. The fraction of sp³-hybridized carbons (Fsp3) is 0.594. The first kappa shape index (κ1) is 31.7. The third kappa shape index (κ3) is 8.07. The Labute approximate surface area is 260 Å². The highest BCUT2D eigenvalue weighted by molar-refractivity contribution is 7.89. The maximum atomic E-state index is 13.5. The van der Waals surface area contributed by atoms with E-state index in [1.807, 2.05) is 0 Å². The van der Waals surface area contributed by atoms with E-state index in [9.17, 15) is 13.2 Å². The molecule has 2 saturated heterocycles. The summed E-state index contributed by atoms with van der Waals surface area (Å²) in [4.78, 5) is 16.0. The molecule has 2 aromatic rings. The van der Waals surface area contributed by atoms with Gasteiger partial charge in [-0.3, -0.25) is 9.69 Å². The van der Waals surface area contributed by atoms with Gasteiger partial charge >= 0.3 is 0 Å². The smallest absolute Gasteiger partial charge is 0.243 e. The van der Waals surface area contributed by atoms with Crippen molar-refractivity contribution < 1.29 is 17.9 Å². The lowest BCUT2D eigenvalue weighted by Gasteiger charge is -2.42. The zero-order valence-corrected chi connectivity index (χ0v) is 26.6. The van der Waals surface area contributed by atoms with Gasteiger partial charge in [0.05, 0.1) is 28.2 Å². The Hall–Kier alpha value is -1.68. The molecule has 1 aliphatic carbocycles. The Bertz CT molecular complexity index is 1280.